The average molecular weight is 331 g/mol. The number of likely N-dealkylation sites (tertiary alicyclic amines) is 1. The lowest BCUT2D eigenvalue weighted by molar-refractivity contribution is 0.0341. The van der Waals surface area contributed by atoms with Crippen LogP contribution in [0.5, 0.6) is 0 Å². The van der Waals surface area contributed by atoms with Gasteiger partial charge in [0.1, 0.15) is 0 Å². The molecule has 0 spiro atoms. The Balaban J connectivity index is 1.71. The zero-order chi connectivity index (χ0) is 16.9. The Morgan fingerprint density at radius 1 is 1.29 bits per heavy atom. The van der Waals surface area contributed by atoms with Crippen molar-refractivity contribution in [3.63, 3.8) is 0 Å². The molecule has 1 aromatic rings. The summed E-state index contributed by atoms with van der Waals surface area (Å²) in [6.45, 7) is 7.20. The van der Waals surface area contributed by atoms with E-state index in [0.29, 0.717) is 0 Å². The number of benzene rings is 1. The number of amides is 1. The molecular formula is C19H29N3O2. The maximum Gasteiger partial charge on any atom is 0.254 e. The van der Waals surface area contributed by atoms with E-state index in [-0.39, 0.29) is 18.0 Å². The highest BCUT2D eigenvalue weighted by atomic mass is 16.5. The molecule has 0 aromatic heterocycles. The smallest absolute Gasteiger partial charge is 0.254 e. The van der Waals surface area contributed by atoms with Crippen molar-refractivity contribution >= 4 is 5.91 Å². The Morgan fingerprint density at radius 3 is 2.83 bits per heavy atom. The van der Waals surface area contributed by atoms with E-state index in [1.54, 1.807) is 0 Å². The molecule has 2 heterocycles. The van der Waals surface area contributed by atoms with Gasteiger partial charge in [0.25, 0.3) is 5.91 Å². The lowest BCUT2D eigenvalue weighted by Crippen LogP contribution is -2.51. The van der Waals surface area contributed by atoms with Crippen molar-refractivity contribution in [1.82, 2.24) is 9.80 Å². The number of carbonyl (C=O) groups excluding carboxylic acids is 1. The summed E-state index contributed by atoms with van der Waals surface area (Å²) < 4.78 is 5.40. The van der Waals surface area contributed by atoms with Gasteiger partial charge in [0.05, 0.1) is 13.2 Å². The third-order valence-electron chi connectivity index (χ3n) is 5.10. The predicted molar refractivity (Wildman–Crippen MR) is 94.9 cm³/mol. The maximum atomic E-state index is 13.0. The summed E-state index contributed by atoms with van der Waals surface area (Å²) in [5.41, 5.74) is 8.09. The first-order valence-electron chi connectivity index (χ1n) is 9.11. The number of ether oxygens (including phenoxy) is 1. The molecule has 0 saturated carbocycles. The minimum absolute atomic E-state index is 0.0192. The second-order valence-electron chi connectivity index (χ2n) is 7.01. The Kier molecular flexibility index (Phi) is 5.87. The number of hydrogen-bond donors (Lipinski definition) is 1. The lowest BCUT2D eigenvalue weighted by atomic mass is 9.95. The predicted octanol–water partition coefficient (Wildman–Crippen LogP) is 1.86. The molecular weight excluding hydrogens is 302 g/mol. The van der Waals surface area contributed by atoms with Crippen LogP contribution in [0.4, 0.5) is 0 Å². The van der Waals surface area contributed by atoms with Crippen LogP contribution in [0.1, 0.15) is 42.1 Å². The molecule has 1 aromatic carbocycles. The van der Waals surface area contributed by atoms with Crippen molar-refractivity contribution in [1.29, 1.82) is 0 Å². The Morgan fingerprint density at radius 2 is 2.08 bits per heavy atom. The molecule has 0 aliphatic carbocycles. The van der Waals surface area contributed by atoms with E-state index in [4.69, 9.17) is 10.5 Å². The molecule has 0 radical (unpaired) electrons. The molecule has 1 amide bonds. The van der Waals surface area contributed by atoms with Gasteiger partial charge in [-0.1, -0.05) is 12.1 Å². The summed E-state index contributed by atoms with van der Waals surface area (Å²) >= 11 is 0. The van der Waals surface area contributed by atoms with Crippen molar-refractivity contribution in [2.45, 2.75) is 44.8 Å². The molecule has 2 N–H and O–H groups in total. The fourth-order valence-electron chi connectivity index (χ4n) is 3.74. The number of nitrogens with zero attached hydrogens (tertiary/aromatic N) is 2. The van der Waals surface area contributed by atoms with Crippen LogP contribution in [0.25, 0.3) is 0 Å². The highest BCUT2D eigenvalue weighted by Crippen LogP contribution is 2.22. The normalized spacial score (nSPS) is 23.9. The molecule has 5 nitrogen and oxygen atoms in total. The largest absolute Gasteiger partial charge is 0.379 e. The zero-order valence-electron chi connectivity index (χ0n) is 14.6. The van der Waals surface area contributed by atoms with Gasteiger partial charge >= 0.3 is 0 Å². The van der Waals surface area contributed by atoms with Crippen LogP contribution in [0, 0.1) is 0 Å². The minimum Gasteiger partial charge on any atom is -0.379 e. The average Bonchev–Trinajstić information content (AvgIpc) is 2.62. The Labute approximate surface area is 144 Å². The van der Waals surface area contributed by atoms with Crippen molar-refractivity contribution < 1.29 is 9.53 Å². The third kappa shape index (κ3) is 4.15. The molecule has 2 aliphatic rings. The van der Waals surface area contributed by atoms with E-state index in [9.17, 15) is 4.79 Å². The number of nitrogens with two attached hydrogens (primary N) is 1. The quantitative estimate of drug-likeness (QED) is 0.915. The van der Waals surface area contributed by atoms with Gasteiger partial charge < -0.3 is 15.4 Å². The molecule has 2 fully saturated rings. The molecule has 24 heavy (non-hydrogen) atoms. The number of carbonyl (C=O) groups is 1. The highest BCUT2D eigenvalue weighted by molar-refractivity contribution is 5.94. The minimum atomic E-state index is 0.0192. The molecule has 0 bridgehead atoms. The molecule has 2 aliphatic heterocycles. The summed E-state index contributed by atoms with van der Waals surface area (Å²) in [5.74, 6) is 0.126. The van der Waals surface area contributed by atoms with E-state index in [1.165, 1.54) is 5.56 Å². The molecule has 0 unspecified atom stereocenters. The topological polar surface area (TPSA) is 58.8 Å². The lowest BCUT2D eigenvalue weighted by Gasteiger charge is -2.38. The van der Waals surface area contributed by atoms with Crippen LogP contribution in [0.15, 0.2) is 24.3 Å². The standard InChI is InChI=1S/C19H29N3O2/c1-15(20)18-7-2-3-8-22(18)19(23)17-6-4-5-16(13-17)14-21-9-11-24-12-10-21/h4-6,13,15,18H,2-3,7-12,14,20H2,1H3/t15-,18+/m1/s1. The molecule has 5 heteroatoms. The summed E-state index contributed by atoms with van der Waals surface area (Å²) in [7, 11) is 0. The van der Waals surface area contributed by atoms with Crippen LogP contribution in [-0.2, 0) is 11.3 Å². The van der Waals surface area contributed by atoms with Crippen molar-refractivity contribution in [2.75, 3.05) is 32.8 Å². The Bertz CT molecular complexity index is 555. The summed E-state index contributed by atoms with van der Waals surface area (Å²) in [6, 6.07) is 8.25. The van der Waals surface area contributed by atoms with Gasteiger partial charge in [0, 0.05) is 43.8 Å². The first-order chi connectivity index (χ1) is 11.6. The van der Waals surface area contributed by atoms with Crippen molar-refractivity contribution in [3.8, 4) is 0 Å². The van der Waals surface area contributed by atoms with E-state index >= 15 is 0 Å². The third-order valence-corrected chi connectivity index (χ3v) is 5.10. The second-order valence-corrected chi connectivity index (χ2v) is 7.01. The first-order valence-corrected chi connectivity index (χ1v) is 9.11. The van der Waals surface area contributed by atoms with Gasteiger partial charge in [-0.2, -0.15) is 0 Å². The van der Waals surface area contributed by atoms with E-state index in [2.05, 4.69) is 11.0 Å². The molecule has 2 atom stereocenters. The summed E-state index contributed by atoms with van der Waals surface area (Å²) in [6.07, 6.45) is 3.24. The van der Waals surface area contributed by atoms with Gasteiger partial charge in [-0.15, -0.1) is 0 Å². The first kappa shape index (κ1) is 17.4. The second kappa shape index (κ2) is 8.10. The molecule has 3 rings (SSSR count). The number of rotatable bonds is 4. The van der Waals surface area contributed by atoms with Gasteiger partial charge in [-0.05, 0) is 43.9 Å². The fourth-order valence-corrected chi connectivity index (χ4v) is 3.74. The number of morpholine rings is 1. The monoisotopic (exact) mass is 331 g/mol. The van der Waals surface area contributed by atoms with E-state index in [0.717, 1.165) is 64.2 Å². The van der Waals surface area contributed by atoms with Crippen molar-refractivity contribution in [3.05, 3.63) is 35.4 Å². The van der Waals surface area contributed by atoms with E-state index in [1.807, 2.05) is 30.0 Å². The van der Waals surface area contributed by atoms with Gasteiger partial charge in [0.15, 0.2) is 0 Å². The Hall–Kier alpha value is -1.43. The highest BCUT2D eigenvalue weighted by Gasteiger charge is 2.29. The maximum absolute atomic E-state index is 13.0. The van der Waals surface area contributed by atoms with Gasteiger partial charge in [0.2, 0.25) is 0 Å². The zero-order valence-corrected chi connectivity index (χ0v) is 14.6. The van der Waals surface area contributed by atoms with Crippen molar-refractivity contribution in [2.24, 2.45) is 5.73 Å². The van der Waals surface area contributed by atoms with E-state index < -0.39 is 0 Å². The summed E-state index contributed by atoms with van der Waals surface area (Å²) in [4.78, 5) is 17.4. The number of hydrogen-bond acceptors (Lipinski definition) is 4. The van der Waals surface area contributed by atoms with Crippen LogP contribution in [-0.4, -0.2) is 60.6 Å². The number of piperidine rings is 1. The van der Waals surface area contributed by atoms with Gasteiger partial charge in [-0.3, -0.25) is 9.69 Å². The SMILES string of the molecule is C[C@@H](N)[C@@H]1CCCCN1C(=O)c1cccc(CN2CCOCC2)c1. The van der Waals surface area contributed by atoms with Gasteiger partial charge in [-0.25, -0.2) is 0 Å². The fraction of sp³-hybridized carbons (Fsp3) is 0.632. The van der Waals surface area contributed by atoms with Crippen LogP contribution >= 0.6 is 0 Å². The molecule has 132 valence electrons. The van der Waals surface area contributed by atoms with Crippen LogP contribution in [0.3, 0.4) is 0 Å². The molecule has 2 saturated heterocycles. The van der Waals surface area contributed by atoms with Crippen LogP contribution in [0.2, 0.25) is 0 Å². The van der Waals surface area contributed by atoms with Crippen LogP contribution < -0.4 is 5.73 Å². The summed E-state index contributed by atoms with van der Waals surface area (Å²) in [5, 5.41) is 0.